The fraction of sp³-hybridized carbons (Fsp3) is 0.500. The van der Waals surface area contributed by atoms with Crippen LogP contribution in [0.15, 0.2) is 24.3 Å². The first-order chi connectivity index (χ1) is 7.72. The molecular weight excluding hydrogens is 223 g/mol. The number of hydrogen-bond donors (Lipinski definition) is 1. The molecule has 0 fully saturated rings. The SMILES string of the molecule is CSCCN(C)CCNc1ccc(F)cc1. The molecule has 90 valence electrons. The quantitative estimate of drug-likeness (QED) is 0.791. The van der Waals surface area contributed by atoms with E-state index in [-0.39, 0.29) is 5.82 Å². The predicted molar refractivity (Wildman–Crippen MR) is 70.8 cm³/mol. The number of benzene rings is 1. The van der Waals surface area contributed by atoms with E-state index in [9.17, 15) is 4.39 Å². The van der Waals surface area contributed by atoms with E-state index in [0.717, 1.165) is 31.1 Å². The van der Waals surface area contributed by atoms with Crippen LogP contribution in [0, 0.1) is 5.82 Å². The van der Waals surface area contributed by atoms with Crippen molar-refractivity contribution in [2.45, 2.75) is 0 Å². The average Bonchev–Trinajstić information content (AvgIpc) is 2.29. The Morgan fingerprint density at radius 3 is 2.56 bits per heavy atom. The molecule has 2 nitrogen and oxygen atoms in total. The van der Waals surface area contributed by atoms with Crippen LogP contribution in [0.2, 0.25) is 0 Å². The monoisotopic (exact) mass is 242 g/mol. The summed E-state index contributed by atoms with van der Waals surface area (Å²) in [6.45, 7) is 2.99. The van der Waals surface area contributed by atoms with Crippen molar-refractivity contribution in [3.8, 4) is 0 Å². The zero-order chi connectivity index (χ0) is 11.8. The highest BCUT2D eigenvalue weighted by Gasteiger charge is 1.97. The van der Waals surface area contributed by atoms with Crippen molar-refractivity contribution >= 4 is 17.4 Å². The Kier molecular flexibility index (Phi) is 6.26. The molecule has 0 aromatic heterocycles. The maximum absolute atomic E-state index is 12.6. The van der Waals surface area contributed by atoms with E-state index >= 15 is 0 Å². The Morgan fingerprint density at radius 2 is 1.94 bits per heavy atom. The number of likely N-dealkylation sites (N-methyl/N-ethyl adjacent to an activating group) is 1. The van der Waals surface area contributed by atoms with E-state index < -0.39 is 0 Å². The number of anilines is 1. The molecule has 0 unspecified atom stereocenters. The number of nitrogens with one attached hydrogen (secondary N) is 1. The third-order valence-corrected chi connectivity index (χ3v) is 2.93. The van der Waals surface area contributed by atoms with E-state index in [1.54, 1.807) is 12.1 Å². The van der Waals surface area contributed by atoms with Crippen molar-refractivity contribution in [1.29, 1.82) is 0 Å². The molecule has 0 aliphatic heterocycles. The van der Waals surface area contributed by atoms with Crippen molar-refractivity contribution in [3.63, 3.8) is 0 Å². The van der Waals surface area contributed by atoms with Gasteiger partial charge in [-0.1, -0.05) is 0 Å². The van der Waals surface area contributed by atoms with Crippen LogP contribution in [-0.2, 0) is 0 Å². The van der Waals surface area contributed by atoms with Crippen LogP contribution in [-0.4, -0.2) is 43.6 Å². The van der Waals surface area contributed by atoms with Crippen molar-refractivity contribution in [2.75, 3.05) is 44.0 Å². The minimum atomic E-state index is -0.192. The highest BCUT2D eigenvalue weighted by molar-refractivity contribution is 7.98. The molecule has 0 radical (unpaired) electrons. The smallest absolute Gasteiger partial charge is 0.123 e. The second-order valence-electron chi connectivity index (χ2n) is 3.73. The standard InChI is InChI=1S/C12H19FN2S/c1-15(9-10-16-2)8-7-14-12-5-3-11(13)4-6-12/h3-6,14H,7-10H2,1-2H3. The Bertz CT molecular complexity index is 290. The van der Waals surface area contributed by atoms with Gasteiger partial charge < -0.3 is 10.2 Å². The van der Waals surface area contributed by atoms with Crippen LogP contribution in [0.5, 0.6) is 0 Å². The molecule has 0 atom stereocenters. The first kappa shape index (κ1) is 13.3. The summed E-state index contributed by atoms with van der Waals surface area (Å²) >= 11 is 1.86. The lowest BCUT2D eigenvalue weighted by molar-refractivity contribution is 0.370. The lowest BCUT2D eigenvalue weighted by atomic mass is 10.3. The number of thioether (sulfide) groups is 1. The average molecular weight is 242 g/mol. The Morgan fingerprint density at radius 1 is 1.25 bits per heavy atom. The fourth-order valence-electron chi connectivity index (χ4n) is 1.32. The van der Waals surface area contributed by atoms with Crippen LogP contribution in [0.3, 0.4) is 0 Å². The molecule has 0 bridgehead atoms. The molecule has 1 rings (SSSR count). The highest BCUT2D eigenvalue weighted by Crippen LogP contribution is 2.07. The number of nitrogens with zero attached hydrogens (tertiary/aromatic N) is 1. The molecule has 1 aromatic carbocycles. The van der Waals surface area contributed by atoms with Gasteiger partial charge in [-0.15, -0.1) is 0 Å². The van der Waals surface area contributed by atoms with Crippen LogP contribution < -0.4 is 5.32 Å². The molecule has 1 N–H and O–H groups in total. The lowest BCUT2D eigenvalue weighted by Crippen LogP contribution is -2.27. The van der Waals surface area contributed by atoms with Gasteiger partial charge >= 0.3 is 0 Å². The number of rotatable bonds is 7. The van der Waals surface area contributed by atoms with Gasteiger partial charge in [0, 0.05) is 31.1 Å². The number of halogens is 1. The van der Waals surface area contributed by atoms with E-state index in [4.69, 9.17) is 0 Å². The van der Waals surface area contributed by atoms with Crippen molar-refractivity contribution in [2.24, 2.45) is 0 Å². The van der Waals surface area contributed by atoms with E-state index in [2.05, 4.69) is 23.5 Å². The molecular formula is C12H19FN2S. The van der Waals surface area contributed by atoms with Crippen LogP contribution in [0.4, 0.5) is 10.1 Å². The van der Waals surface area contributed by atoms with Crippen molar-refractivity contribution in [3.05, 3.63) is 30.1 Å². The van der Waals surface area contributed by atoms with Gasteiger partial charge in [0.25, 0.3) is 0 Å². The summed E-state index contributed by atoms with van der Waals surface area (Å²) < 4.78 is 12.6. The molecule has 0 spiro atoms. The van der Waals surface area contributed by atoms with Crippen molar-refractivity contribution < 1.29 is 4.39 Å². The zero-order valence-corrected chi connectivity index (χ0v) is 10.7. The van der Waals surface area contributed by atoms with Crippen LogP contribution in [0.25, 0.3) is 0 Å². The maximum atomic E-state index is 12.6. The molecule has 1 aromatic rings. The Balaban J connectivity index is 2.17. The van der Waals surface area contributed by atoms with E-state index in [1.807, 2.05) is 11.8 Å². The minimum absolute atomic E-state index is 0.192. The van der Waals surface area contributed by atoms with Gasteiger partial charge in [-0.05, 0) is 37.6 Å². The summed E-state index contributed by atoms with van der Waals surface area (Å²) in [7, 11) is 2.11. The summed E-state index contributed by atoms with van der Waals surface area (Å²) in [4.78, 5) is 2.28. The van der Waals surface area contributed by atoms with Gasteiger partial charge in [-0.2, -0.15) is 11.8 Å². The molecule has 16 heavy (non-hydrogen) atoms. The predicted octanol–water partition coefficient (Wildman–Crippen LogP) is 2.53. The largest absolute Gasteiger partial charge is 0.384 e. The first-order valence-electron chi connectivity index (χ1n) is 5.39. The summed E-state index contributed by atoms with van der Waals surface area (Å²) in [5.41, 5.74) is 0.972. The van der Waals surface area contributed by atoms with E-state index in [0.29, 0.717) is 0 Å². The fourth-order valence-corrected chi connectivity index (χ4v) is 1.81. The maximum Gasteiger partial charge on any atom is 0.123 e. The second-order valence-corrected chi connectivity index (χ2v) is 4.72. The highest BCUT2D eigenvalue weighted by atomic mass is 32.2. The third-order valence-electron chi connectivity index (χ3n) is 2.34. The minimum Gasteiger partial charge on any atom is -0.384 e. The van der Waals surface area contributed by atoms with Gasteiger partial charge in [-0.3, -0.25) is 0 Å². The van der Waals surface area contributed by atoms with Gasteiger partial charge in [0.1, 0.15) is 5.82 Å². The van der Waals surface area contributed by atoms with Gasteiger partial charge in [-0.25, -0.2) is 4.39 Å². The van der Waals surface area contributed by atoms with Crippen LogP contribution >= 0.6 is 11.8 Å². The summed E-state index contributed by atoms with van der Waals surface area (Å²) in [5, 5.41) is 3.26. The van der Waals surface area contributed by atoms with E-state index in [1.165, 1.54) is 12.1 Å². The molecule has 0 aliphatic carbocycles. The topological polar surface area (TPSA) is 15.3 Å². The summed E-state index contributed by atoms with van der Waals surface area (Å²) in [6, 6.07) is 6.47. The molecule has 0 aliphatic rings. The third kappa shape index (κ3) is 5.37. The summed E-state index contributed by atoms with van der Waals surface area (Å²) in [6.07, 6.45) is 2.12. The van der Waals surface area contributed by atoms with Gasteiger partial charge in [0.2, 0.25) is 0 Å². The second kappa shape index (κ2) is 7.52. The van der Waals surface area contributed by atoms with Crippen LogP contribution in [0.1, 0.15) is 0 Å². The molecule has 0 saturated heterocycles. The lowest BCUT2D eigenvalue weighted by Gasteiger charge is -2.16. The molecule has 0 heterocycles. The molecule has 0 amide bonds. The molecule has 0 saturated carbocycles. The van der Waals surface area contributed by atoms with Gasteiger partial charge in [0.15, 0.2) is 0 Å². The Hall–Kier alpha value is -0.740. The molecule has 4 heteroatoms. The normalized spacial score (nSPS) is 10.8. The zero-order valence-electron chi connectivity index (χ0n) is 9.87. The van der Waals surface area contributed by atoms with Crippen molar-refractivity contribution in [1.82, 2.24) is 4.90 Å². The first-order valence-corrected chi connectivity index (χ1v) is 6.78. The Labute approximate surface area is 101 Å². The number of hydrogen-bond acceptors (Lipinski definition) is 3. The summed E-state index contributed by atoms with van der Waals surface area (Å²) in [5.74, 6) is 0.968. The van der Waals surface area contributed by atoms with Gasteiger partial charge in [0.05, 0.1) is 0 Å².